The van der Waals surface area contributed by atoms with Gasteiger partial charge in [-0.05, 0) is 101 Å². The van der Waals surface area contributed by atoms with Gasteiger partial charge in [-0.15, -0.1) is 0 Å². The molecule has 2 unspecified atom stereocenters. The summed E-state index contributed by atoms with van der Waals surface area (Å²) in [6.45, 7) is 4.25. The van der Waals surface area contributed by atoms with Crippen LogP contribution in [0, 0.1) is 11.7 Å². The highest BCUT2D eigenvalue weighted by Gasteiger charge is 2.45. The molecule has 2 aromatic heterocycles. The molecule has 0 radical (unpaired) electrons. The van der Waals surface area contributed by atoms with Gasteiger partial charge in [0.25, 0.3) is 11.8 Å². The van der Waals surface area contributed by atoms with E-state index in [1.807, 2.05) is 23.1 Å². The maximum Gasteiger partial charge on any atom is 0.262 e. The van der Waals surface area contributed by atoms with Crippen molar-refractivity contribution in [1.29, 1.82) is 0 Å². The number of piperidine rings is 2. The van der Waals surface area contributed by atoms with Crippen molar-refractivity contribution < 1.29 is 28.3 Å². The fourth-order valence-corrected chi connectivity index (χ4v) is 9.22. The summed E-state index contributed by atoms with van der Waals surface area (Å²) in [5.74, 6) is -1.53. The van der Waals surface area contributed by atoms with Gasteiger partial charge in [0.2, 0.25) is 11.8 Å². The van der Waals surface area contributed by atoms with E-state index in [4.69, 9.17) is 38.8 Å². The molecule has 4 aliphatic rings. The Balaban J connectivity index is 0.834. The number of pyridine rings is 1. The second-order valence-electron chi connectivity index (χ2n) is 15.4. The van der Waals surface area contributed by atoms with Gasteiger partial charge in [-0.2, -0.15) is 5.10 Å². The van der Waals surface area contributed by atoms with Crippen LogP contribution in [0.5, 0.6) is 5.75 Å². The number of carbonyl (C=O) groups is 4. The zero-order valence-electron chi connectivity index (χ0n) is 31.3. The summed E-state index contributed by atoms with van der Waals surface area (Å²) in [5.41, 5.74) is 9.60. The molecular weight excluding hydrogens is 774 g/mol. The molecular formula is C41H43Cl2FN8O5. The molecule has 3 aliphatic heterocycles. The zero-order chi connectivity index (χ0) is 40.0. The molecule has 5 heterocycles. The Labute approximate surface area is 339 Å². The lowest BCUT2D eigenvalue weighted by molar-refractivity contribution is -0.136. The number of hydrogen-bond donors (Lipinski definition) is 3. The van der Waals surface area contributed by atoms with E-state index < -0.39 is 41.6 Å². The monoisotopic (exact) mass is 816 g/mol. The minimum atomic E-state index is -0.983. The molecule has 13 nitrogen and oxygen atoms in total. The molecule has 0 bridgehead atoms. The Morgan fingerprint density at radius 2 is 1.77 bits per heavy atom. The van der Waals surface area contributed by atoms with Gasteiger partial charge in [0.1, 0.15) is 18.0 Å². The number of carbonyl (C=O) groups excluding carboxylic acids is 4. The van der Waals surface area contributed by atoms with Crippen LogP contribution in [0.25, 0.3) is 11.1 Å². The number of halogens is 3. The third-order valence-corrected chi connectivity index (χ3v) is 12.4. The Kier molecular flexibility index (Phi) is 10.9. The number of nitrogens with zero attached hydrogens (tertiary/aromatic N) is 5. The van der Waals surface area contributed by atoms with Crippen molar-refractivity contribution in [1.82, 2.24) is 30.3 Å². The number of imide groups is 2. The number of nitrogen functional groups attached to an aromatic ring is 1. The number of rotatable bonds is 10. The van der Waals surface area contributed by atoms with Gasteiger partial charge in [0, 0.05) is 65.3 Å². The predicted molar refractivity (Wildman–Crippen MR) is 213 cm³/mol. The minimum absolute atomic E-state index is 0.0846. The average Bonchev–Trinajstić information content (AvgIpc) is 3.79. The average molecular weight is 818 g/mol. The summed E-state index contributed by atoms with van der Waals surface area (Å²) in [5, 5.41) is 11.0. The van der Waals surface area contributed by atoms with Gasteiger partial charge >= 0.3 is 0 Å². The third kappa shape index (κ3) is 7.82. The second kappa shape index (κ2) is 16.1. The van der Waals surface area contributed by atoms with E-state index in [0.29, 0.717) is 27.8 Å². The first-order valence-electron chi connectivity index (χ1n) is 19.4. The number of benzene rings is 2. The first-order valence-corrected chi connectivity index (χ1v) is 20.1. The van der Waals surface area contributed by atoms with Crippen molar-refractivity contribution in [3.63, 3.8) is 0 Å². The van der Waals surface area contributed by atoms with Crippen LogP contribution in [0.1, 0.15) is 96.7 Å². The summed E-state index contributed by atoms with van der Waals surface area (Å²) in [4.78, 5) is 58.3. The molecule has 1 aliphatic carbocycles. The van der Waals surface area contributed by atoms with Crippen molar-refractivity contribution in [3.8, 4) is 16.9 Å². The van der Waals surface area contributed by atoms with E-state index in [1.165, 1.54) is 12.1 Å². The Hall–Kier alpha value is -5.05. The van der Waals surface area contributed by atoms with Crippen LogP contribution in [0.4, 0.5) is 15.9 Å². The van der Waals surface area contributed by atoms with Crippen LogP contribution < -0.4 is 26.0 Å². The maximum absolute atomic E-state index is 14.2. The minimum Gasteiger partial charge on any atom is -0.482 e. The normalized spacial score (nSPS) is 23.1. The number of aromatic nitrogens is 3. The third-order valence-electron chi connectivity index (χ3n) is 11.7. The van der Waals surface area contributed by atoms with E-state index in [1.54, 1.807) is 31.3 Å². The summed E-state index contributed by atoms with van der Waals surface area (Å²) < 4.78 is 22.3. The van der Waals surface area contributed by atoms with Crippen LogP contribution in [0.2, 0.25) is 10.0 Å². The van der Waals surface area contributed by atoms with Gasteiger partial charge in [-0.1, -0.05) is 23.2 Å². The van der Waals surface area contributed by atoms with Crippen LogP contribution >= 0.6 is 23.2 Å². The molecule has 2 saturated heterocycles. The number of ether oxygens (including phenoxy) is 1. The lowest BCUT2D eigenvalue weighted by atomic mass is 9.85. The summed E-state index contributed by atoms with van der Waals surface area (Å²) in [6.07, 6.45) is 11.2. The summed E-state index contributed by atoms with van der Waals surface area (Å²) in [7, 11) is 0. The second-order valence-corrected chi connectivity index (χ2v) is 16.2. The molecule has 4 aromatic rings. The Morgan fingerprint density at radius 3 is 2.56 bits per heavy atom. The van der Waals surface area contributed by atoms with E-state index in [0.717, 1.165) is 79.9 Å². The van der Waals surface area contributed by atoms with Crippen molar-refractivity contribution in [3.05, 3.63) is 87.5 Å². The van der Waals surface area contributed by atoms with Gasteiger partial charge in [0.05, 0.1) is 28.4 Å². The number of anilines is 2. The number of hydrogen-bond acceptors (Lipinski definition) is 10. The van der Waals surface area contributed by atoms with Crippen LogP contribution in [-0.4, -0.2) is 75.0 Å². The van der Waals surface area contributed by atoms with E-state index in [-0.39, 0.29) is 41.3 Å². The van der Waals surface area contributed by atoms with Gasteiger partial charge in [-0.3, -0.25) is 34.1 Å². The standard InChI is InChI=1S/C41H43Cl2FN8O5/c1-22(36-31(42)10-11-32(44)37(36)43)57-34-15-24(18-47-38(34)45)25-19-48-51(20-25)27-6-4-23(5-7-27)17-46-26-3-2-14-50(21-26)28-8-9-29-30(16-28)41(56)52(40(29)55)33-12-13-35(53)49-39(33)54/h8-11,15-16,18-20,22-23,26-27,33,46H,2-7,12-14,17,21H2,1H3,(H2,45,47)(H,49,53,54)/t22?,23?,26-,27?,33?/m1/s1. The van der Waals surface area contributed by atoms with Crippen LogP contribution in [0.3, 0.4) is 0 Å². The number of fused-ring (bicyclic) bond motifs is 1. The van der Waals surface area contributed by atoms with Crippen molar-refractivity contribution >= 4 is 58.3 Å². The predicted octanol–water partition coefficient (Wildman–Crippen LogP) is 6.50. The van der Waals surface area contributed by atoms with E-state index in [2.05, 4.69) is 20.5 Å². The molecule has 1 saturated carbocycles. The Bertz CT molecular complexity index is 2240. The highest BCUT2D eigenvalue weighted by molar-refractivity contribution is 6.36. The molecule has 0 spiro atoms. The molecule has 2 aromatic carbocycles. The topological polar surface area (TPSA) is 165 Å². The molecule has 16 heteroatoms. The molecule has 3 fully saturated rings. The van der Waals surface area contributed by atoms with Gasteiger partial charge in [0.15, 0.2) is 11.6 Å². The van der Waals surface area contributed by atoms with Crippen molar-refractivity contribution in [2.45, 2.75) is 82.5 Å². The molecule has 298 valence electrons. The maximum atomic E-state index is 14.2. The van der Waals surface area contributed by atoms with Gasteiger partial charge < -0.3 is 20.7 Å². The molecule has 4 amide bonds. The largest absolute Gasteiger partial charge is 0.482 e. The zero-order valence-corrected chi connectivity index (χ0v) is 32.9. The number of nitrogens with two attached hydrogens (primary N) is 1. The van der Waals surface area contributed by atoms with E-state index in [9.17, 15) is 23.6 Å². The fraction of sp³-hybridized carbons (Fsp3) is 0.415. The molecule has 4 N–H and O–H groups in total. The van der Waals surface area contributed by atoms with Crippen molar-refractivity contribution in [2.24, 2.45) is 5.92 Å². The van der Waals surface area contributed by atoms with E-state index >= 15 is 0 Å². The lowest BCUT2D eigenvalue weighted by Crippen LogP contribution is -2.54. The highest BCUT2D eigenvalue weighted by Crippen LogP contribution is 2.38. The van der Waals surface area contributed by atoms with Crippen LogP contribution in [-0.2, 0) is 9.59 Å². The number of amides is 4. The number of nitrogens with one attached hydrogen (secondary N) is 2. The van der Waals surface area contributed by atoms with Crippen LogP contribution in [0.15, 0.2) is 55.0 Å². The smallest absolute Gasteiger partial charge is 0.262 e. The first kappa shape index (κ1) is 38.8. The SMILES string of the molecule is CC(Oc1cc(-c2cnn(C3CCC(CN[C@@H]4CCCN(c5ccc6c(c5)C(=O)N(C5CCC(=O)NC5=O)C6=O)C4)CC3)c2)cnc1N)c1c(Cl)ccc(F)c1Cl. The quantitative estimate of drug-likeness (QED) is 0.119. The lowest BCUT2D eigenvalue weighted by Gasteiger charge is -2.36. The van der Waals surface area contributed by atoms with Gasteiger partial charge in [-0.25, -0.2) is 9.37 Å². The van der Waals surface area contributed by atoms with Crippen molar-refractivity contribution in [2.75, 3.05) is 30.3 Å². The summed E-state index contributed by atoms with van der Waals surface area (Å²) in [6, 6.07) is 9.34. The highest BCUT2D eigenvalue weighted by atomic mass is 35.5. The summed E-state index contributed by atoms with van der Waals surface area (Å²) >= 11 is 12.5. The molecule has 8 rings (SSSR count). The first-order chi connectivity index (χ1) is 27.4. The Morgan fingerprint density at radius 1 is 0.982 bits per heavy atom. The fourth-order valence-electron chi connectivity index (χ4n) is 8.54. The molecule has 3 atom stereocenters. The molecule has 57 heavy (non-hydrogen) atoms.